The largest absolute Gasteiger partial charge is 0.348 e. The Hall–Kier alpha value is -1.08. The monoisotopic (exact) mass is 251 g/mol. The lowest BCUT2D eigenvalue weighted by Crippen LogP contribution is -2.47. The van der Waals surface area contributed by atoms with Gasteiger partial charge < -0.3 is 4.90 Å². The summed E-state index contributed by atoms with van der Waals surface area (Å²) < 4.78 is 0. The third-order valence-corrected chi connectivity index (χ3v) is 3.96. The zero-order chi connectivity index (χ0) is 13.7. The standard InChI is InChI=1S/C14H25N3O/c1-5-17(10-14(18)16(3)4)13-8-11(2)6-7-12(13)9-15/h11-13H,5-8,10H2,1-4H3. The molecule has 4 heteroatoms. The fraction of sp³-hybridized carbons (Fsp3) is 0.857. The SMILES string of the molecule is CCN(CC(=O)N(C)C)C1CC(C)CCC1C#N. The fourth-order valence-electron chi connectivity index (χ4n) is 2.68. The molecule has 3 unspecified atom stereocenters. The van der Waals surface area contributed by atoms with Crippen molar-refractivity contribution in [3.05, 3.63) is 0 Å². The van der Waals surface area contributed by atoms with Gasteiger partial charge in [-0.25, -0.2) is 0 Å². The second kappa shape index (κ2) is 6.75. The van der Waals surface area contributed by atoms with Gasteiger partial charge >= 0.3 is 0 Å². The van der Waals surface area contributed by atoms with Crippen LogP contribution >= 0.6 is 0 Å². The molecule has 0 aromatic rings. The summed E-state index contributed by atoms with van der Waals surface area (Å²) in [6, 6.07) is 2.67. The van der Waals surface area contributed by atoms with Crippen molar-refractivity contribution in [2.45, 2.75) is 39.2 Å². The van der Waals surface area contributed by atoms with E-state index in [1.165, 1.54) is 0 Å². The van der Waals surface area contributed by atoms with Crippen LogP contribution in [0.3, 0.4) is 0 Å². The van der Waals surface area contributed by atoms with E-state index in [2.05, 4.69) is 24.8 Å². The molecule has 1 aliphatic carbocycles. The fourth-order valence-corrected chi connectivity index (χ4v) is 2.68. The number of nitriles is 1. The lowest BCUT2D eigenvalue weighted by Gasteiger charge is -2.39. The van der Waals surface area contributed by atoms with Gasteiger partial charge in [0.25, 0.3) is 0 Å². The summed E-state index contributed by atoms with van der Waals surface area (Å²) in [6.07, 6.45) is 3.13. The molecule has 0 spiro atoms. The smallest absolute Gasteiger partial charge is 0.236 e. The van der Waals surface area contributed by atoms with E-state index in [1.54, 1.807) is 19.0 Å². The summed E-state index contributed by atoms with van der Waals surface area (Å²) in [7, 11) is 3.56. The summed E-state index contributed by atoms with van der Waals surface area (Å²) in [4.78, 5) is 15.6. The number of carbonyl (C=O) groups is 1. The molecule has 0 aliphatic heterocycles. The van der Waals surface area contributed by atoms with Crippen LogP contribution in [0.25, 0.3) is 0 Å². The molecule has 1 aliphatic rings. The average Bonchev–Trinajstić information content (AvgIpc) is 2.35. The molecule has 102 valence electrons. The van der Waals surface area contributed by atoms with E-state index in [0.717, 1.165) is 25.8 Å². The number of carbonyl (C=O) groups excluding carboxylic acids is 1. The Morgan fingerprint density at radius 2 is 2.06 bits per heavy atom. The molecule has 18 heavy (non-hydrogen) atoms. The minimum atomic E-state index is 0.0797. The average molecular weight is 251 g/mol. The summed E-state index contributed by atoms with van der Waals surface area (Å²) >= 11 is 0. The summed E-state index contributed by atoms with van der Waals surface area (Å²) in [6.45, 7) is 5.56. The van der Waals surface area contributed by atoms with Gasteiger partial charge in [-0.3, -0.25) is 9.69 Å². The summed E-state index contributed by atoms with van der Waals surface area (Å²) in [5.74, 6) is 0.853. The van der Waals surface area contributed by atoms with Gasteiger partial charge in [-0.15, -0.1) is 0 Å². The molecule has 1 saturated carbocycles. The van der Waals surface area contributed by atoms with Crippen LogP contribution in [-0.2, 0) is 4.79 Å². The first-order valence-electron chi connectivity index (χ1n) is 6.83. The molecular weight excluding hydrogens is 226 g/mol. The normalized spacial score (nSPS) is 27.9. The summed E-state index contributed by atoms with van der Waals surface area (Å²) in [5.41, 5.74) is 0. The Bertz CT molecular complexity index is 321. The van der Waals surface area contributed by atoms with Crippen molar-refractivity contribution in [2.75, 3.05) is 27.2 Å². The first-order valence-corrected chi connectivity index (χ1v) is 6.83. The van der Waals surface area contributed by atoms with Crippen molar-refractivity contribution in [1.29, 1.82) is 5.26 Å². The maximum atomic E-state index is 11.8. The van der Waals surface area contributed by atoms with E-state index < -0.39 is 0 Å². The van der Waals surface area contributed by atoms with E-state index in [4.69, 9.17) is 0 Å². The number of hydrogen-bond acceptors (Lipinski definition) is 3. The zero-order valence-electron chi connectivity index (χ0n) is 12.0. The van der Waals surface area contributed by atoms with Gasteiger partial charge in [-0.2, -0.15) is 5.26 Å². The maximum absolute atomic E-state index is 11.8. The molecule has 1 fully saturated rings. The van der Waals surface area contributed by atoms with Gasteiger partial charge in [0.2, 0.25) is 5.91 Å². The number of nitrogens with zero attached hydrogens (tertiary/aromatic N) is 3. The van der Waals surface area contributed by atoms with Crippen molar-refractivity contribution in [3.63, 3.8) is 0 Å². The molecule has 0 N–H and O–H groups in total. The quantitative estimate of drug-likeness (QED) is 0.764. The predicted octanol–water partition coefficient (Wildman–Crippen LogP) is 1.72. The number of hydrogen-bond donors (Lipinski definition) is 0. The second-order valence-electron chi connectivity index (χ2n) is 5.57. The molecule has 0 saturated heterocycles. The molecule has 3 atom stereocenters. The highest BCUT2D eigenvalue weighted by Crippen LogP contribution is 2.31. The van der Waals surface area contributed by atoms with E-state index in [-0.39, 0.29) is 17.9 Å². The van der Waals surface area contributed by atoms with Crippen molar-refractivity contribution >= 4 is 5.91 Å². The highest BCUT2D eigenvalue weighted by atomic mass is 16.2. The van der Waals surface area contributed by atoms with Crippen LogP contribution < -0.4 is 0 Å². The van der Waals surface area contributed by atoms with Gasteiger partial charge in [0.1, 0.15) is 0 Å². The van der Waals surface area contributed by atoms with Crippen LogP contribution in [0.15, 0.2) is 0 Å². The van der Waals surface area contributed by atoms with Crippen molar-refractivity contribution in [3.8, 4) is 6.07 Å². The van der Waals surface area contributed by atoms with Crippen molar-refractivity contribution < 1.29 is 4.79 Å². The zero-order valence-corrected chi connectivity index (χ0v) is 12.0. The van der Waals surface area contributed by atoms with Crippen molar-refractivity contribution in [2.24, 2.45) is 11.8 Å². The van der Waals surface area contributed by atoms with E-state index in [1.807, 2.05) is 0 Å². The van der Waals surface area contributed by atoms with Gasteiger partial charge in [-0.05, 0) is 31.7 Å². The van der Waals surface area contributed by atoms with Crippen LogP contribution in [0.5, 0.6) is 0 Å². The summed E-state index contributed by atoms with van der Waals surface area (Å²) in [5, 5.41) is 9.26. The van der Waals surface area contributed by atoms with Gasteiger partial charge in [0, 0.05) is 20.1 Å². The van der Waals surface area contributed by atoms with Gasteiger partial charge in [0.05, 0.1) is 18.5 Å². The molecule has 0 radical (unpaired) electrons. The highest BCUT2D eigenvalue weighted by molar-refractivity contribution is 5.77. The van der Waals surface area contributed by atoms with Crippen LogP contribution in [-0.4, -0.2) is 48.9 Å². The highest BCUT2D eigenvalue weighted by Gasteiger charge is 2.33. The van der Waals surface area contributed by atoms with E-state index in [0.29, 0.717) is 12.5 Å². The molecule has 1 amide bonds. The molecule has 0 aromatic carbocycles. The Kier molecular flexibility index (Phi) is 5.61. The molecule has 0 bridgehead atoms. The molecule has 1 rings (SSSR count). The lowest BCUT2D eigenvalue weighted by atomic mass is 9.79. The predicted molar refractivity (Wildman–Crippen MR) is 71.8 cm³/mol. The first-order chi connectivity index (χ1) is 8.49. The third kappa shape index (κ3) is 3.71. The number of amides is 1. The molecule has 4 nitrogen and oxygen atoms in total. The topological polar surface area (TPSA) is 47.3 Å². The lowest BCUT2D eigenvalue weighted by molar-refractivity contribution is -0.130. The molecular formula is C14H25N3O. The van der Waals surface area contributed by atoms with E-state index in [9.17, 15) is 10.1 Å². The number of rotatable bonds is 4. The van der Waals surface area contributed by atoms with Crippen LogP contribution in [0.2, 0.25) is 0 Å². The van der Waals surface area contributed by atoms with Crippen LogP contribution in [0, 0.1) is 23.2 Å². The Morgan fingerprint density at radius 1 is 1.39 bits per heavy atom. The van der Waals surface area contributed by atoms with Gasteiger partial charge in [-0.1, -0.05) is 13.8 Å². The Morgan fingerprint density at radius 3 is 2.56 bits per heavy atom. The van der Waals surface area contributed by atoms with Crippen LogP contribution in [0.4, 0.5) is 0 Å². The minimum Gasteiger partial charge on any atom is -0.348 e. The Labute approximate surface area is 111 Å². The van der Waals surface area contributed by atoms with E-state index >= 15 is 0 Å². The van der Waals surface area contributed by atoms with Gasteiger partial charge in [0.15, 0.2) is 0 Å². The maximum Gasteiger partial charge on any atom is 0.236 e. The first kappa shape index (κ1) is 15.0. The minimum absolute atomic E-state index is 0.0797. The second-order valence-corrected chi connectivity index (χ2v) is 5.57. The third-order valence-electron chi connectivity index (χ3n) is 3.96. The van der Waals surface area contributed by atoms with Crippen LogP contribution in [0.1, 0.15) is 33.1 Å². The number of likely N-dealkylation sites (N-methyl/N-ethyl adjacent to an activating group) is 2. The Balaban J connectivity index is 2.72. The molecule has 0 heterocycles. The molecule has 0 aromatic heterocycles. The van der Waals surface area contributed by atoms with Crippen molar-refractivity contribution in [1.82, 2.24) is 9.80 Å².